The van der Waals surface area contributed by atoms with Gasteiger partial charge >= 0.3 is 0 Å². The third kappa shape index (κ3) is 1.83. The van der Waals surface area contributed by atoms with Crippen LogP contribution in [0.4, 0.5) is 0 Å². The number of rotatable bonds is 1. The molecular weight excluding hydrogens is 304 g/mol. The molecule has 2 bridgehead atoms. The van der Waals surface area contributed by atoms with Gasteiger partial charge in [0.05, 0.1) is 23.9 Å². The fourth-order valence-corrected chi connectivity index (χ4v) is 7.14. The maximum absolute atomic E-state index is 11.6. The van der Waals surface area contributed by atoms with Gasteiger partial charge in [0.15, 0.2) is 0 Å². The number of aliphatic hydroxyl groups excluding tert-OH is 2. The van der Waals surface area contributed by atoms with Gasteiger partial charge in [-0.1, -0.05) is 19.1 Å². The Morgan fingerprint density at radius 1 is 1.12 bits per heavy atom. The summed E-state index contributed by atoms with van der Waals surface area (Å²) in [5.74, 6) is 0.509. The molecule has 0 radical (unpaired) electrons. The van der Waals surface area contributed by atoms with Crippen molar-refractivity contribution >= 4 is 0 Å². The molecule has 0 aromatic rings. The number of hydrogen-bond donors (Lipinski definition) is 4. The molecule has 136 valence electrons. The third-order valence-electron chi connectivity index (χ3n) is 8.77. The molecular formula is C20H32O4. The SMILES string of the molecule is C=C1[C@H]2C[C@H](O)[C@@](C)(CO)[C@]2(O)CC[C@@]23C[C@@H](CC[C@@H]12)[C@](C)(O)C3. The van der Waals surface area contributed by atoms with Gasteiger partial charge in [0.2, 0.25) is 0 Å². The average molecular weight is 336 g/mol. The second-order valence-electron chi connectivity index (χ2n) is 9.81. The molecule has 4 nitrogen and oxygen atoms in total. The normalized spacial score (nSPS) is 59.8. The maximum Gasteiger partial charge on any atom is 0.0813 e. The lowest BCUT2D eigenvalue weighted by Gasteiger charge is -2.42. The molecule has 4 N–H and O–H groups in total. The topological polar surface area (TPSA) is 80.9 Å². The predicted molar refractivity (Wildman–Crippen MR) is 91.1 cm³/mol. The molecule has 0 aliphatic heterocycles. The van der Waals surface area contributed by atoms with Crippen LogP contribution in [-0.2, 0) is 0 Å². The highest BCUT2D eigenvalue weighted by molar-refractivity contribution is 5.28. The molecule has 0 saturated heterocycles. The van der Waals surface area contributed by atoms with Crippen LogP contribution in [0, 0.1) is 28.6 Å². The summed E-state index contributed by atoms with van der Waals surface area (Å²) in [6, 6.07) is 0. The maximum atomic E-state index is 11.6. The zero-order valence-corrected chi connectivity index (χ0v) is 15.0. The molecule has 8 atom stereocenters. The van der Waals surface area contributed by atoms with Crippen molar-refractivity contribution in [3.05, 3.63) is 12.2 Å². The molecule has 4 rings (SSSR count). The van der Waals surface area contributed by atoms with Gasteiger partial charge in [-0.2, -0.15) is 0 Å². The number of fused-ring (bicyclic) bond motifs is 2. The van der Waals surface area contributed by atoms with Crippen LogP contribution in [0.1, 0.15) is 58.8 Å². The summed E-state index contributed by atoms with van der Waals surface area (Å²) < 4.78 is 0. The Morgan fingerprint density at radius 2 is 1.83 bits per heavy atom. The van der Waals surface area contributed by atoms with Crippen LogP contribution < -0.4 is 0 Å². The highest BCUT2D eigenvalue weighted by Gasteiger charge is 2.67. The fraction of sp³-hybridized carbons (Fsp3) is 0.900. The van der Waals surface area contributed by atoms with Crippen LogP contribution in [0.25, 0.3) is 0 Å². The quantitative estimate of drug-likeness (QED) is 0.552. The molecule has 0 amide bonds. The minimum atomic E-state index is -1.10. The van der Waals surface area contributed by atoms with Crippen LogP contribution in [0.15, 0.2) is 12.2 Å². The van der Waals surface area contributed by atoms with Crippen LogP contribution >= 0.6 is 0 Å². The van der Waals surface area contributed by atoms with Gasteiger partial charge in [-0.15, -0.1) is 0 Å². The van der Waals surface area contributed by atoms with Gasteiger partial charge in [-0.3, -0.25) is 0 Å². The van der Waals surface area contributed by atoms with E-state index in [1.165, 1.54) is 0 Å². The molecule has 0 aromatic heterocycles. The molecule has 4 saturated carbocycles. The number of aliphatic hydroxyl groups is 4. The molecule has 0 unspecified atom stereocenters. The van der Waals surface area contributed by atoms with Crippen molar-refractivity contribution in [2.75, 3.05) is 6.61 Å². The van der Waals surface area contributed by atoms with E-state index in [0.717, 1.165) is 37.7 Å². The van der Waals surface area contributed by atoms with Crippen molar-refractivity contribution in [3.8, 4) is 0 Å². The van der Waals surface area contributed by atoms with Crippen molar-refractivity contribution in [2.45, 2.75) is 76.1 Å². The Morgan fingerprint density at radius 3 is 2.50 bits per heavy atom. The Balaban J connectivity index is 1.76. The monoisotopic (exact) mass is 336 g/mol. The zero-order chi connectivity index (χ0) is 17.5. The van der Waals surface area contributed by atoms with Gasteiger partial charge < -0.3 is 20.4 Å². The Hall–Kier alpha value is -0.420. The lowest BCUT2D eigenvalue weighted by molar-refractivity contribution is -0.132. The summed E-state index contributed by atoms with van der Waals surface area (Å²) in [5.41, 5.74) is -1.52. The smallest absolute Gasteiger partial charge is 0.0813 e. The molecule has 4 heteroatoms. The van der Waals surface area contributed by atoms with E-state index in [9.17, 15) is 20.4 Å². The first-order chi connectivity index (χ1) is 11.1. The first-order valence-electron chi connectivity index (χ1n) is 9.52. The molecule has 1 spiro atoms. The lowest BCUT2D eigenvalue weighted by atomic mass is 9.63. The third-order valence-corrected chi connectivity index (χ3v) is 8.77. The van der Waals surface area contributed by atoms with E-state index in [2.05, 4.69) is 6.58 Å². The van der Waals surface area contributed by atoms with Gasteiger partial charge in [0, 0.05) is 11.3 Å². The Labute approximate surface area is 144 Å². The first kappa shape index (κ1) is 17.0. The van der Waals surface area contributed by atoms with E-state index >= 15 is 0 Å². The zero-order valence-electron chi connectivity index (χ0n) is 15.0. The van der Waals surface area contributed by atoms with E-state index in [4.69, 9.17) is 0 Å². The van der Waals surface area contributed by atoms with E-state index in [1.54, 1.807) is 0 Å². The highest BCUT2D eigenvalue weighted by atomic mass is 16.3. The minimum Gasteiger partial charge on any atom is -0.396 e. The summed E-state index contributed by atoms with van der Waals surface area (Å²) in [5, 5.41) is 43.0. The van der Waals surface area contributed by atoms with Crippen molar-refractivity contribution in [1.29, 1.82) is 0 Å². The molecule has 0 heterocycles. The average Bonchev–Trinajstić information content (AvgIpc) is 2.82. The van der Waals surface area contributed by atoms with E-state index in [1.807, 2.05) is 13.8 Å². The Kier molecular flexibility index (Phi) is 3.44. The standard InChI is InChI=1S/C20H32O4/c1-12-14-5-4-13-9-19(14,10-18(13,3)23)6-7-20(24)15(12)8-16(22)17(20,2)11-21/h13-16,21-24H,1,4-11H2,2-3H3/t13-,14+,15-,16+,17-,18-,19+,20+/m1/s1. The van der Waals surface area contributed by atoms with Crippen LogP contribution in [-0.4, -0.2) is 44.3 Å². The van der Waals surface area contributed by atoms with Crippen molar-refractivity contribution in [3.63, 3.8) is 0 Å². The summed E-state index contributed by atoms with van der Waals surface area (Å²) in [6.45, 7) is 7.97. The minimum absolute atomic E-state index is 0.0326. The lowest BCUT2D eigenvalue weighted by Crippen LogP contribution is -2.52. The predicted octanol–water partition coefficient (Wildman–Crippen LogP) is 2.00. The van der Waals surface area contributed by atoms with E-state index < -0.39 is 22.7 Å². The van der Waals surface area contributed by atoms with E-state index in [0.29, 0.717) is 24.7 Å². The number of hydrogen-bond acceptors (Lipinski definition) is 4. The Bertz CT molecular complexity index is 572. The first-order valence-corrected chi connectivity index (χ1v) is 9.52. The van der Waals surface area contributed by atoms with E-state index in [-0.39, 0.29) is 17.9 Å². The molecule has 4 aliphatic carbocycles. The highest BCUT2D eigenvalue weighted by Crippen LogP contribution is 2.68. The van der Waals surface area contributed by atoms with Crippen molar-refractivity contribution in [1.82, 2.24) is 0 Å². The summed E-state index contributed by atoms with van der Waals surface area (Å²) >= 11 is 0. The van der Waals surface area contributed by atoms with Crippen LogP contribution in [0.5, 0.6) is 0 Å². The van der Waals surface area contributed by atoms with Gasteiger partial charge in [0.1, 0.15) is 0 Å². The molecule has 0 aromatic carbocycles. The second kappa shape index (κ2) is 4.85. The van der Waals surface area contributed by atoms with Crippen molar-refractivity contribution < 1.29 is 20.4 Å². The molecule has 4 fully saturated rings. The fourth-order valence-electron chi connectivity index (χ4n) is 7.14. The summed E-state index contributed by atoms with van der Waals surface area (Å²) in [7, 11) is 0. The van der Waals surface area contributed by atoms with Crippen LogP contribution in [0.3, 0.4) is 0 Å². The molecule has 24 heavy (non-hydrogen) atoms. The summed E-state index contributed by atoms with van der Waals surface area (Å²) in [6.07, 6.45) is 5.05. The summed E-state index contributed by atoms with van der Waals surface area (Å²) in [4.78, 5) is 0. The van der Waals surface area contributed by atoms with Gasteiger partial charge in [0.25, 0.3) is 0 Å². The van der Waals surface area contributed by atoms with Gasteiger partial charge in [-0.25, -0.2) is 0 Å². The largest absolute Gasteiger partial charge is 0.396 e. The van der Waals surface area contributed by atoms with Crippen molar-refractivity contribution in [2.24, 2.45) is 28.6 Å². The molecule has 4 aliphatic rings. The van der Waals surface area contributed by atoms with Crippen LogP contribution in [0.2, 0.25) is 0 Å². The second-order valence-corrected chi connectivity index (χ2v) is 9.81. The van der Waals surface area contributed by atoms with Gasteiger partial charge in [-0.05, 0) is 69.1 Å².